The molecule has 0 bridgehead atoms. The predicted molar refractivity (Wildman–Crippen MR) is 240 cm³/mol. The minimum atomic E-state index is -0.486. The van der Waals surface area contributed by atoms with Crippen molar-refractivity contribution in [1.82, 2.24) is 0 Å². The van der Waals surface area contributed by atoms with Crippen LogP contribution >= 0.6 is 0 Å². The van der Waals surface area contributed by atoms with E-state index in [2.05, 4.69) is 211 Å². The lowest BCUT2D eigenvalue weighted by molar-refractivity contribution is 0.360. The van der Waals surface area contributed by atoms with Gasteiger partial charge in [0, 0.05) is 11.4 Å². The Balaban J connectivity index is 1.03. The van der Waals surface area contributed by atoms with Gasteiger partial charge < -0.3 is 14.4 Å². The minimum absolute atomic E-state index is 0.486. The second kappa shape index (κ2) is 13.2. The Hall–Kier alpha value is -7.62. The molecule has 0 unspecified atom stereocenters. The second-order valence-corrected chi connectivity index (χ2v) is 15.5. The molecule has 278 valence electrons. The van der Waals surface area contributed by atoms with E-state index in [9.17, 15) is 0 Å². The first-order valence-corrected chi connectivity index (χ1v) is 20.3. The number of allylic oxidation sites excluding steroid dienone is 5. The van der Waals surface area contributed by atoms with Crippen LogP contribution in [0.4, 0.5) is 11.4 Å². The van der Waals surface area contributed by atoms with Gasteiger partial charge in [0.05, 0.1) is 11.1 Å². The molecule has 0 N–H and O–H groups in total. The van der Waals surface area contributed by atoms with Crippen LogP contribution in [0.15, 0.2) is 218 Å². The molecule has 0 radical (unpaired) electrons. The van der Waals surface area contributed by atoms with Gasteiger partial charge in [-0.25, -0.2) is 0 Å². The molecule has 12 rings (SSSR count). The topological polar surface area (TPSA) is 21.7 Å². The predicted octanol–water partition coefficient (Wildman–Crippen LogP) is 14.7. The highest BCUT2D eigenvalue weighted by Gasteiger charge is 2.52. The normalized spacial score (nSPS) is 14.6. The number of hydrogen-bond acceptors (Lipinski definition) is 3. The molecule has 0 amide bonds. The average Bonchev–Trinajstić information content (AvgIpc) is 3.61. The van der Waals surface area contributed by atoms with E-state index in [0.717, 1.165) is 34.6 Å². The molecule has 0 fully saturated rings. The minimum Gasteiger partial charge on any atom is -0.449 e. The first kappa shape index (κ1) is 33.5. The van der Waals surface area contributed by atoms with Crippen molar-refractivity contribution in [1.29, 1.82) is 0 Å². The molecule has 4 aliphatic rings. The SMILES string of the molecule is C1=CC(N(c2cccc(-c3ccccc3)c2)c2cccc3c2Oc2cc4c(cc2O3)-c2ccccc2C42c3ccccc3-c3ccccc32)=CC=C(c2ccccc2)C1. The lowest BCUT2D eigenvalue weighted by atomic mass is 9.70. The molecule has 0 aromatic heterocycles. The van der Waals surface area contributed by atoms with Gasteiger partial charge in [-0.1, -0.05) is 164 Å². The number of anilines is 2. The van der Waals surface area contributed by atoms with Gasteiger partial charge in [0.2, 0.25) is 0 Å². The highest BCUT2D eigenvalue weighted by molar-refractivity contribution is 5.96. The van der Waals surface area contributed by atoms with E-state index < -0.39 is 5.41 Å². The largest absolute Gasteiger partial charge is 0.449 e. The molecule has 1 heterocycles. The van der Waals surface area contributed by atoms with Gasteiger partial charge in [-0.05, 0) is 122 Å². The number of fused-ring (bicyclic) bond motifs is 12. The lowest BCUT2D eigenvalue weighted by Gasteiger charge is -2.33. The molecule has 0 saturated heterocycles. The fraction of sp³-hybridized carbons (Fsp3) is 0.0357. The van der Waals surface area contributed by atoms with Crippen LogP contribution in [0.5, 0.6) is 23.0 Å². The molecule has 0 saturated carbocycles. The number of rotatable bonds is 5. The summed E-state index contributed by atoms with van der Waals surface area (Å²) in [6, 6.07) is 67.2. The van der Waals surface area contributed by atoms with Crippen molar-refractivity contribution in [3.05, 3.63) is 246 Å². The van der Waals surface area contributed by atoms with Crippen LogP contribution in [0.1, 0.15) is 34.2 Å². The summed E-state index contributed by atoms with van der Waals surface area (Å²) < 4.78 is 14.1. The highest BCUT2D eigenvalue weighted by Crippen LogP contribution is 2.65. The number of para-hydroxylation sites is 1. The van der Waals surface area contributed by atoms with Crippen molar-refractivity contribution in [2.45, 2.75) is 11.8 Å². The van der Waals surface area contributed by atoms with Crippen LogP contribution in [0, 0.1) is 0 Å². The van der Waals surface area contributed by atoms with E-state index in [4.69, 9.17) is 9.47 Å². The maximum absolute atomic E-state index is 7.21. The zero-order valence-electron chi connectivity index (χ0n) is 32.2. The molecule has 1 spiro atoms. The fourth-order valence-corrected chi connectivity index (χ4v) is 9.86. The third-order valence-corrected chi connectivity index (χ3v) is 12.4. The van der Waals surface area contributed by atoms with Gasteiger partial charge >= 0.3 is 0 Å². The van der Waals surface area contributed by atoms with E-state index in [1.54, 1.807) is 0 Å². The summed E-state index contributed by atoms with van der Waals surface area (Å²) in [5.74, 6) is 2.76. The maximum atomic E-state index is 7.21. The zero-order chi connectivity index (χ0) is 38.9. The summed E-state index contributed by atoms with van der Waals surface area (Å²) in [7, 11) is 0. The van der Waals surface area contributed by atoms with Gasteiger partial charge in [0.25, 0.3) is 0 Å². The Labute approximate surface area is 344 Å². The molecule has 3 aliphatic carbocycles. The Morgan fingerprint density at radius 2 is 1.02 bits per heavy atom. The maximum Gasteiger partial charge on any atom is 0.194 e. The fourth-order valence-electron chi connectivity index (χ4n) is 9.86. The van der Waals surface area contributed by atoms with E-state index in [-0.39, 0.29) is 0 Å². The first-order chi connectivity index (χ1) is 29.3. The summed E-state index contributed by atoms with van der Waals surface area (Å²) in [4.78, 5) is 2.30. The van der Waals surface area contributed by atoms with Crippen molar-refractivity contribution in [2.75, 3.05) is 4.90 Å². The second-order valence-electron chi connectivity index (χ2n) is 15.5. The Bertz CT molecular complexity index is 3040. The molecule has 1 aliphatic heterocycles. The van der Waals surface area contributed by atoms with E-state index in [1.807, 2.05) is 6.07 Å². The Kier molecular flexibility index (Phi) is 7.51. The van der Waals surface area contributed by atoms with Gasteiger partial charge in [-0.2, -0.15) is 0 Å². The molecular weight excluding hydrogens is 719 g/mol. The van der Waals surface area contributed by atoms with Crippen molar-refractivity contribution >= 4 is 16.9 Å². The van der Waals surface area contributed by atoms with Gasteiger partial charge in [0.1, 0.15) is 0 Å². The summed E-state index contributed by atoms with van der Waals surface area (Å²) in [5, 5.41) is 0. The third kappa shape index (κ3) is 5.08. The molecule has 0 atom stereocenters. The van der Waals surface area contributed by atoms with Crippen LogP contribution in [0.3, 0.4) is 0 Å². The molecular formula is C56H37NO2. The monoisotopic (exact) mass is 755 g/mol. The summed E-state index contributed by atoms with van der Waals surface area (Å²) in [6.45, 7) is 0. The quantitative estimate of drug-likeness (QED) is 0.175. The third-order valence-electron chi connectivity index (χ3n) is 12.4. The van der Waals surface area contributed by atoms with E-state index >= 15 is 0 Å². The lowest BCUT2D eigenvalue weighted by Crippen LogP contribution is -2.26. The summed E-state index contributed by atoms with van der Waals surface area (Å²) >= 11 is 0. The molecule has 59 heavy (non-hydrogen) atoms. The molecule has 8 aromatic rings. The summed E-state index contributed by atoms with van der Waals surface area (Å²) in [6.07, 6.45) is 9.77. The van der Waals surface area contributed by atoms with Gasteiger partial charge in [0.15, 0.2) is 23.0 Å². The van der Waals surface area contributed by atoms with Crippen LogP contribution in [-0.2, 0) is 5.41 Å². The number of hydrogen-bond donors (Lipinski definition) is 0. The van der Waals surface area contributed by atoms with Gasteiger partial charge in [-0.15, -0.1) is 0 Å². The van der Waals surface area contributed by atoms with Crippen molar-refractivity contribution in [3.63, 3.8) is 0 Å². The zero-order valence-corrected chi connectivity index (χ0v) is 32.2. The molecule has 3 nitrogen and oxygen atoms in total. The van der Waals surface area contributed by atoms with E-state index in [0.29, 0.717) is 23.0 Å². The smallest absolute Gasteiger partial charge is 0.194 e. The number of ether oxygens (including phenoxy) is 2. The molecule has 8 aromatic carbocycles. The number of nitrogens with zero attached hydrogens (tertiary/aromatic N) is 1. The number of benzene rings is 8. The first-order valence-electron chi connectivity index (χ1n) is 20.3. The Morgan fingerprint density at radius 3 is 1.73 bits per heavy atom. The molecule has 3 heteroatoms. The van der Waals surface area contributed by atoms with Crippen LogP contribution in [0.2, 0.25) is 0 Å². The van der Waals surface area contributed by atoms with Crippen LogP contribution in [-0.4, -0.2) is 0 Å². The van der Waals surface area contributed by atoms with E-state index in [1.165, 1.54) is 55.6 Å². The Morgan fingerprint density at radius 1 is 0.424 bits per heavy atom. The standard InChI is InChI=1S/C56H37NO2/c1-3-16-37(17-4-1)39-20-13-22-41(33-32-39)57(42-23-14-21-40(34-42)38-18-5-2-6-19-38)51-30-15-31-52-55(51)59-54-36-50-46(35-53(54)58-52)45-26-9-12-29-49(45)56(50)47-27-10-7-24-43(47)44-25-8-11-28-48(44)56/h1-19,21-36H,20H2. The van der Waals surface area contributed by atoms with Crippen molar-refractivity contribution in [2.24, 2.45) is 0 Å². The van der Waals surface area contributed by atoms with Crippen molar-refractivity contribution < 1.29 is 9.47 Å². The highest BCUT2D eigenvalue weighted by atomic mass is 16.6. The van der Waals surface area contributed by atoms with Crippen LogP contribution in [0.25, 0.3) is 39.0 Å². The van der Waals surface area contributed by atoms with Crippen molar-refractivity contribution in [3.8, 4) is 56.4 Å². The summed E-state index contributed by atoms with van der Waals surface area (Å²) in [5.41, 5.74) is 17.2. The average molecular weight is 756 g/mol. The van der Waals surface area contributed by atoms with Crippen LogP contribution < -0.4 is 14.4 Å². The van der Waals surface area contributed by atoms with Gasteiger partial charge in [-0.3, -0.25) is 0 Å².